The molecule has 26 heavy (non-hydrogen) atoms. The summed E-state index contributed by atoms with van der Waals surface area (Å²) in [5.41, 5.74) is -0.975. The van der Waals surface area contributed by atoms with Crippen molar-refractivity contribution in [3.8, 4) is 11.3 Å². The molecule has 0 aliphatic carbocycles. The second-order valence-electron chi connectivity index (χ2n) is 5.87. The maximum absolute atomic E-state index is 14.9. The number of nitrogens with zero attached hydrogens (tertiary/aromatic N) is 1. The quantitative estimate of drug-likeness (QED) is 0.478. The number of hydrogen-bond acceptors (Lipinski definition) is 2. The first-order valence-corrected chi connectivity index (χ1v) is 7.71. The lowest BCUT2D eigenvalue weighted by molar-refractivity contribution is 0.102. The summed E-state index contributed by atoms with van der Waals surface area (Å²) in [4.78, 5) is 16.6. The Kier molecular flexibility index (Phi) is 4.59. The molecule has 0 aliphatic rings. The Morgan fingerprint density at radius 2 is 1.58 bits per heavy atom. The fourth-order valence-electron chi connectivity index (χ4n) is 2.61. The Labute approximate surface area is 147 Å². The second-order valence-corrected chi connectivity index (χ2v) is 5.87. The molecule has 2 aromatic carbocycles. The summed E-state index contributed by atoms with van der Waals surface area (Å²) in [5.74, 6) is -5.47. The number of pyridine rings is 1. The predicted molar refractivity (Wildman–Crippen MR) is 88.9 cm³/mol. The molecular weight excluding hydrogens is 346 g/mol. The Balaban J connectivity index is 2.18. The lowest BCUT2D eigenvalue weighted by Crippen LogP contribution is -2.12. The van der Waals surface area contributed by atoms with E-state index in [1.807, 2.05) is 0 Å². The Morgan fingerprint density at radius 1 is 0.885 bits per heavy atom. The highest BCUT2D eigenvalue weighted by Gasteiger charge is 2.26. The number of aromatic nitrogens is 1. The van der Waals surface area contributed by atoms with E-state index in [0.717, 1.165) is 36.8 Å². The minimum atomic E-state index is -1.20. The van der Waals surface area contributed by atoms with Crippen LogP contribution < -0.4 is 0 Å². The number of carbonyl (C=O) groups excluding carboxylic acids is 1. The summed E-state index contributed by atoms with van der Waals surface area (Å²) in [6.07, 6.45) is 1.46. The lowest BCUT2D eigenvalue weighted by atomic mass is 9.96. The van der Waals surface area contributed by atoms with Crippen LogP contribution in [-0.2, 0) is 0 Å². The molecule has 0 aliphatic heterocycles. The average molecular weight is 359 g/mol. The summed E-state index contributed by atoms with van der Waals surface area (Å²) < 4.78 is 56.7. The van der Waals surface area contributed by atoms with E-state index >= 15 is 0 Å². The van der Waals surface area contributed by atoms with Crippen molar-refractivity contribution in [3.63, 3.8) is 0 Å². The molecule has 0 radical (unpaired) electrons. The van der Waals surface area contributed by atoms with Crippen LogP contribution >= 0.6 is 0 Å². The molecule has 0 atom stereocenters. The van der Waals surface area contributed by atoms with E-state index in [1.54, 1.807) is 19.1 Å². The Bertz CT molecular complexity index is 1030. The van der Waals surface area contributed by atoms with Crippen molar-refractivity contribution in [2.75, 3.05) is 0 Å². The lowest BCUT2D eigenvalue weighted by Gasteiger charge is -2.11. The first kappa shape index (κ1) is 17.8. The highest BCUT2D eigenvalue weighted by atomic mass is 19.1. The third kappa shape index (κ3) is 2.98. The van der Waals surface area contributed by atoms with Gasteiger partial charge in [-0.05, 0) is 55.8 Å². The van der Waals surface area contributed by atoms with E-state index in [0.29, 0.717) is 0 Å². The highest BCUT2D eigenvalue weighted by Crippen LogP contribution is 2.28. The zero-order valence-electron chi connectivity index (χ0n) is 13.9. The largest absolute Gasteiger partial charge is 0.288 e. The van der Waals surface area contributed by atoms with Gasteiger partial charge in [-0.15, -0.1) is 0 Å². The van der Waals surface area contributed by atoms with Gasteiger partial charge in [0.15, 0.2) is 0 Å². The maximum atomic E-state index is 14.9. The van der Waals surface area contributed by atoms with Crippen LogP contribution in [0.25, 0.3) is 11.3 Å². The van der Waals surface area contributed by atoms with Gasteiger partial charge in [-0.1, -0.05) is 0 Å². The first-order valence-electron chi connectivity index (χ1n) is 7.71. The molecule has 3 aromatic rings. The number of carbonyl (C=O) groups is 1. The van der Waals surface area contributed by atoms with E-state index in [-0.39, 0.29) is 11.3 Å². The number of benzene rings is 2. The Morgan fingerprint density at radius 3 is 2.27 bits per heavy atom. The van der Waals surface area contributed by atoms with Crippen molar-refractivity contribution < 1.29 is 22.4 Å². The normalized spacial score (nSPS) is 10.8. The van der Waals surface area contributed by atoms with Crippen LogP contribution in [0.5, 0.6) is 0 Å². The van der Waals surface area contributed by atoms with Gasteiger partial charge in [0.05, 0.1) is 16.8 Å². The van der Waals surface area contributed by atoms with Crippen LogP contribution in [0.15, 0.2) is 42.6 Å². The monoisotopic (exact) mass is 359 g/mol. The molecule has 0 N–H and O–H groups in total. The number of halogens is 4. The minimum Gasteiger partial charge on any atom is -0.288 e. The van der Waals surface area contributed by atoms with Gasteiger partial charge < -0.3 is 0 Å². The highest BCUT2D eigenvalue weighted by molar-refractivity contribution is 6.10. The van der Waals surface area contributed by atoms with Crippen molar-refractivity contribution in [2.45, 2.75) is 13.8 Å². The molecule has 0 spiro atoms. The van der Waals surface area contributed by atoms with Crippen LogP contribution in [0.1, 0.15) is 27.0 Å². The van der Waals surface area contributed by atoms with Gasteiger partial charge in [-0.3, -0.25) is 9.78 Å². The van der Waals surface area contributed by atoms with E-state index in [4.69, 9.17) is 0 Å². The summed E-state index contributed by atoms with van der Waals surface area (Å²) in [6, 6.07) is 7.12. The molecule has 0 unspecified atom stereocenters. The van der Waals surface area contributed by atoms with Gasteiger partial charge in [-0.25, -0.2) is 17.6 Å². The van der Waals surface area contributed by atoms with Crippen LogP contribution in [0, 0.1) is 37.1 Å². The minimum absolute atomic E-state index is 0.0855. The molecule has 0 amide bonds. The molecule has 1 heterocycles. The number of aryl methyl sites for hydroxylation is 1. The molecular formula is C20H13F4NO. The zero-order chi connectivity index (χ0) is 19.0. The van der Waals surface area contributed by atoms with Gasteiger partial charge >= 0.3 is 0 Å². The van der Waals surface area contributed by atoms with Crippen molar-refractivity contribution in [1.82, 2.24) is 4.98 Å². The molecule has 132 valence electrons. The molecule has 0 fully saturated rings. The predicted octanol–water partition coefficient (Wildman–Crippen LogP) is 5.15. The standard InChI is InChI=1S/C20H13F4NO/c1-10-7-8-25-16(9-10)12-3-6-15(22)17(19(12)24)20(26)13-4-5-14(21)11(2)18(13)23/h3-9H,1-2H3. The van der Waals surface area contributed by atoms with Crippen LogP contribution in [0.3, 0.4) is 0 Å². The second kappa shape index (κ2) is 6.71. The van der Waals surface area contributed by atoms with E-state index in [1.165, 1.54) is 6.20 Å². The first-order chi connectivity index (χ1) is 12.3. The van der Waals surface area contributed by atoms with E-state index in [2.05, 4.69) is 4.98 Å². The summed E-state index contributed by atoms with van der Waals surface area (Å²) in [5, 5.41) is 0. The third-order valence-corrected chi connectivity index (χ3v) is 4.07. The molecule has 2 nitrogen and oxygen atoms in total. The summed E-state index contributed by atoms with van der Waals surface area (Å²) in [6.45, 7) is 2.91. The van der Waals surface area contributed by atoms with Crippen LogP contribution in [0.2, 0.25) is 0 Å². The third-order valence-electron chi connectivity index (χ3n) is 4.07. The van der Waals surface area contributed by atoms with Crippen molar-refractivity contribution >= 4 is 5.78 Å². The summed E-state index contributed by atoms with van der Waals surface area (Å²) in [7, 11) is 0. The SMILES string of the molecule is Cc1ccnc(-c2ccc(F)c(C(=O)c3ccc(F)c(C)c3F)c2F)c1. The smallest absolute Gasteiger partial charge is 0.201 e. The number of rotatable bonds is 3. The molecule has 0 bridgehead atoms. The maximum Gasteiger partial charge on any atom is 0.201 e. The molecule has 6 heteroatoms. The van der Waals surface area contributed by atoms with Crippen LogP contribution in [0.4, 0.5) is 17.6 Å². The molecule has 1 aromatic heterocycles. The summed E-state index contributed by atoms with van der Waals surface area (Å²) >= 11 is 0. The molecule has 0 saturated carbocycles. The van der Waals surface area contributed by atoms with Gasteiger partial charge in [-0.2, -0.15) is 0 Å². The topological polar surface area (TPSA) is 30.0 Å². The Hall–Kier alpha value is -3.02. The van der Waals surface area contributed by atoms with E-state index < -0.39 is 45.7 Å². The fraction of sp³-hybridized carbons (Fsp3) is 0.100. The van der Waals surface area contributed by atoms with Gasteiger partial charge in [0.2, 0.25) is 5.78 Å². The van der Waals surface area contributed by atoms with Gasteiger partial charge in [0.1, 0.15) is 23.3 Å². The van der Waals surface area contributed by atoms with Crippen molar-refractivity contribution in [3.05, 3.63) is 88.1 Å². The fourth-order valence-corrected chi connectivity index (χ4v) is 2.61. The molecule has 3 rings (SSSR count). The van der Waals surface area contributed by atoms with Crippen molar-refractivity contribution in [2.24, 2.45) is 0 Å². The zero-order valence-corrected chi connectivity index (χ0v) is 13.9. The van der Waals surface area contributed by atoms with Crippen LogP contribution in [-0.4, -0.2) is 10.8 Å². The average Bonchev–Trinajstić information content (AvgIpc) is 2.60. The van der Waals surface area contributed by atoms with Gasteiger partial charge in [0.25, 0.3) is 0 Å². The van der Waals surface area contributed by atoms with Crippen molar-refractivity contribution in [1.29, 1.82) is 0 Å². The molecule has 0 saturated heterocycles. The van der Waals surface area contributed by atoms with Gasteiger partial charge in [0, 0.05) is 17.3 Å². The van der Waals surface area contributed by atoms with E-state index in [9.17, 15) is 22.4 Å². The number of ketones is 1. The number of hydrogen-bond donors (Lipinski definition) is 0.